The molecule has 22 heavy (non-hydrogen) atoms. The van der Waals surface area contributed by atoms with Crippen molar-refractivity contribution in [1.29, 1.82) is 0 Å². The van der Waals surface area contributed by atoms with Crippen molar-refractivity contribution >= 4 is 23.5 Å². The molecule has 0 bridgehead atoms. The summed E-state index contributed by atoms with van der Waals surface area (Å²) in [6.45, 7) is 0.306. The van der Waals surface area contributed by atoms with Gasteiger partial charge in [-0.1, -0.05) is 11.6 Å². The first-order chi connectivity index (χ1) is 10.4. The van der Waals surface area contributed by atoms with Crippen LogP contribution in [0.3, 0.4) is 0 Å². The first-order valence-corrected chi connectivity index (χ1v) is 7.26. The van der Waals surface area contributed by atoms with Crippen molar-refractivity contribution in [2.75, 3.05) is 14.2 Å². The highest BCUT2D eigenvalue weighted by Crippen LogP contribution is 2.26. The maximum Gasteiger partial charge on any atom is 0.332 e. The molecule has 0 radical (unpaired) electrons. The Kier molecular flexibility index (Phi) is 5.26. The Hall–Kier alpha value is -1.79. The summed E-state index contributed by atoms with van der Waals surface area (Å²) in [6.07, 6.45) is -0.855. The van der Waals surface area contributed by atoms with Gasteiger partial charge >= 0.3 is 5.97 Å². The lowest BCUT2D eigenvalue weighted by molar-refractivity contribution is -0.154. The molecule has 0 spiro atoms. The number of carbonyl (C=O) groups excluding carboxylic acids is 1. The van der Waals surface area contributed by atoms with Crippen LogP contribution in [0.2, 0.25) is 5.02 Å². The van der Waals surface area contributed by atoms with Crippen LogP contribution >= 0.6 is 11.6 Å². The molecule has 7 heteroatoms. The van der Waals surface area contributed by atoms with Gasteiger partial charge < -0.3 is 19.5 Å². The molecule has 1 fully saturated rings. The Morgan fingerprint density at radius 1 is 1.41 bits per heavy atom. The van der Waals surface area contributed by atoms with Gasteiger partial charge in [-0.2, -0.15) is 0 Å². The Labute approximate surface area is 133 Å². The lowest BCUT2D eigenvalue weighted by Gasteiger charge is -2.22. The molecule has 1 heterocycles. The van der Waals surface area contributed by atoms with Crippen molar-refractivity contribution in [2.45, 2.75) is 31.6 Å². The molecule has 2 atom stereocenters. The summed E-state index contributed by atoms with van der Waals surface area (Å²) in [4.78, 5) is 24.7. The predicted octanol–water partition coefficient (Wildman–Crippen LogP) is 1.94. The van der Waals surface area contributed by atoms with Crippen molar-refractivity contribution < 1.29 is 24.2 Å². The number of nitrogens with zero attached hydrogens (tertiary/aromatic N) is 1. The van der Waals surface area contributed by atoms with Crippen LogP contribution in [0.15, 0.2) is 18.2 Å². The van der Waals surface area contributed by atoms with E-state index in [0.29, 0.717) is 30.2 Å². The van der Waals surface area contributed by atoms with Gasteiger partial charge in [-0.15, -0.1) is 0 Å². The number of carboxylic acids is 1. The van der Waals surface area contributed by atoms with E-state index in [2.05, 4.69) is 0 Å². The summed E-state index contributed by atoms with van der Waals surface area (Å²) in [5, 5.41) is 9.46. The predicted molar refractivity (Wildman–Crippen MR) is 80.0 cm³/mol. The largest absolute Gasteiger partial charge is 0.496 e. The maximum absolute atomic E-state index is 12.3. The molecule has 1 saturated heterocycles. The van der Waals surface area contributed by atoms with Crippen molar-refractivity contribution in [3.63, 3.8) is 0 Å². The molecule has 6 nitrogen and oxygen atoms in total. The minimum Gasteiger partial charge on any atom is -0.496 e. The van der Waals surface area contributed by atoms with E-state index in [1.165, 1.54) is 4.90 Å². The molecule has 0 aliphatic carbocycles. The second kappa shape index (κ2) is 6.98. The van der Waals surface area contributed by atoms with E-state index in [1.807, 2.05) is 0 Å². The molecule has 1 aromatic rings. The van der Waals surface area contributed by atoms with Crippen LogP contribution in [0.25, 0.3) is 0 Å². The van der Waals surface area contributed by atoms with Gasteiger partial charge in [0, 0.05) is 24.2 Å². The molecule has 1 aliphatic heterocycles. The third kappa shape index (κ3) is 3.69. The maximum atomic E-state index is 12.3. The monoisotopic (exact) mass is 327 g/mol. The Balaban J connectivity index is 2.03. The SMILES string of the molecule is COc1ccc(Cl)cc1CN(C)C(=O)[C@@H]1CC[C@H](C(=O)O)O1. The number of halogens is 1. The van der Waals surface area contributed by atoms with Crippen LogP contribution in [-0.4, -0.2) is 48.2 Å². The van der Waals surface area contributed by atoms with Gasteiger partial charge in [-0.25, -0.2) is 4.79 Å². The van der Waals surface area contributed by atoms with Gasteiger partial charge in [0.25, 0.3) is 5.91 Å². The summed E-state index contributed by atoms with van der Waals surface area (Å²) >= 11 is 5.97. The molecule has 1 aromatic carbocycles. The standard InChI is InChI=1S/C15H18ClNO5/c1-17(8-9-7-10(16)3-4-11(9)21-2)14(18)12-5-6-13(22-12)15(19)20/h3-4,7,12-13H,5-6,8H2,1-2H3,(H,19,20)/t12-,13+/m0/s1. The van der Waals surface area contributed by atoms with Crippen LogP contribution in [0.1, 0.15) is 18.4 Å². The smallest absolute Gasteiger partial charge is 0.332 e. The second-order valence-corrected chi connectivity index (χ2v) is 5.62. The van der Waals surface area contributed by atoms with Crippen LogP contribution in [0, 0.1) is 0 Å². The van der Waals surface area contributed by atoms with Crippen LogP contribution in [0.5, 0.6) is 5.75 Å². The Bertz CT molecular complexity index is 577. The number of benzene rings is 1. The molecule has 1 amide bonds. The number of methoxy groups -OCH3 is 1. The van der Waals surface area contributed by atoms with Gasteiger partial charge in [-0.05, 0) is 31.0 Å². The van der Waals surface area contributed by atoms with E-state index in [9.17, 15) is 9.59 Å². The molecule has 2 rings (SSSR count). The molecule has 1 N–H and O–H groups in total. The molecule has 0 unspecified atom stereocenters. The fraction of sp³-hybridized carbons (Fsp3) is 0.467. The number of ether oxygens (including phenoxy) is 2. The molecular weight excluding hydrogens is 310 g/mol. The highest BCUT2D eigenvalue weighted by Gasteiger charge is 2.36. The minimum atomic E-state index is -1.03. The summed E-state index contributed by atoms with van der Waals surface area (Å²) in [6, 6.07) is 5.19. The quantitative estimate of drug-likeness (QED) is 0.894. The van der Waals surface area contributed by atoms with Gasteiger partial charge in [0.1, 0.15) is 11.9 Å². The average molecular weight is 328 g/mol. The highest BCUT2D eigenvalue weighted by molar-refractivity contribution is 6.30. The number of carboxylic acid groups (broad SMARTS) is 1. The Morgan fingerprint density at radius 2 is 2.09 bits per heavy atom. The van der Waals surface area contributed by atoms with E-state index >= 15 is 0 Å². The molecule has 0 aromatic heterocycles. The average Bonchev–Trinajstić information content (AvgIpc) is 2.96. The topological polar surface area (TPSA) is 76.1 Å². The summed E-state index contributed by atoms with van der Waals surface area (Å²) in [5.74, 6) is -0.639. The first kappa shape index (κ1) is 16.6. The lowest BCUT2D eigenvalue weighted by atomic mass is 10.1. The van der Waals surface area contributed by atoms with Crippen molar-refractivity contribution in [2.24, 2.45) is 0 Å². The van der Waals surface area contributed by atoms with Gasteiger partial charge in [0.15, 0.2) is 6.10 Å². The summed E-state index contributed by atoms with van der Waals surface area (Å²) in [5.41, 5.74) is 0.777. The minimum absolute atomic E-state index is 0.245. The molecule has 120 valence electrons. The number of rotatable bonds is 5. The van der Waals surface area contributed by atoms with Crippen molar-refractivity contribution in [3.05, 3.63) is 28.8 Å². The van der Waals surface area contributed by atoms with E-state index in [1.54, 1.807) is 32.4 Å². The fourth-order valence-corrected chi connectivity index (χ4v) is 2.65. The fourth-order valence-electron chi connectivity index (χ4n) is 2.45. The first-order valence-electron chi connectivity index (χ1n) is 6.88. The van der Waals surface area contributed by atoms with Gasteiger partial charge in [0.2, 0.25) is 0 Å². The zero-order valence-electron chi connectivity index (χ0n) is 12.4. The molecule has 0 saturated carbocycles. The number of amides is 1. The van der Waals surface area contributed by atoms with Crippen LogP contribution < -0.4 is 4.74 Å². The van der Waals surface area contributed by atoms with Gasteiger partial charge in [0.05, 0.1) is 7.11 Å². The van der Waals surface area contributed by atoms with E-state index in [4.69, 9.17) is 26.2 Å². The summed E-state index contributed by atoms with van der Waals surface area (Å²) in [7, 11) is 3.19. The van der Waals surface area contributed by atoms with E-state index < -0.39 is 18.2 Å². The van der Waals surface area contributed by atoms with Gasteiger partial charge in [-0.3, -0.25) is 4.79 Å². The van der Waals surface area contributed by atoms with Crippen LogP contribution in [0.4, 0.5) is 0 Å². The lowest BCUT2D eigenvalue weighted by Crippen LogP contribution is -2.36. The number of aliphatic carboxylic acids is 1. The molecule has 1 aliphatic rings. The zero-order valence-corrected chi connectivity index (χ0v) is 13.2. The van der Waals surface area contributed by atoms with Crippen LogP contribution in [-0.2, 0) is 20.9 Å². The van der Waals surface area contributed by atoms with Crippen molar-refractivity contribution in [3.8, 4) is 5.75 Å². The third-order valence-electron chi connectivity index (χ3n) is 3.60. The number of hydrogen-bond acceptors (Lipinski definition) is 4. The van der Waals surface area contributed by atoms with Crippen molar-refractivity contribution in [1.82, 2.24) is 4.90 Å². The summed E-state index contributed by atoms with van der Waals surface area (Å²) < 4.78 is 10.5. The Morgan fingerprint density at radius 3 is 2.68 bits per heavy atom. The third-order valence-corrected chi connectivity index (χ3v) is 3.83. The van der Waals surface area contributed by atoms with E-state index in [-0.39, 0.29) is 5.91 Å². The zero-order chi connectivity index (χ0) is 16.3. The number of carbonyl (C=O) groups is 2. The normalized spacial score (nSPS) is 20.7. The molecular formula is C15H18ClNO5. The second-order valence-electron chi connectivity index (χ2n) is 5.18. The highest BCUT2D eigenvalue weighted by atomic mass is 35.5. The number of hydrogen-bond donors (Lipinski definition) is 1. The number of likely N-dealkylation sites (N-methyl/N-ethyl adjacent to an activating group) is 1. The van der Waals surface area contributed by atoms with E-state index in [0.717, 1.165) is 5.56 Å².